The van der Waals surface area contributed by atoms with Crippen molar-refractivity contribution < 1.29 is 18.7 Å². The van der Waals surface area contributed by atoms with Crippen molar-refractivity contribution in [2.45, 2.75) is 6.92 Å². The van der Waals surface area contributed by atoms with E-state index in [1.54, 1.807) is 18.2 Å². The number of ether oxygens (including phenoxy) is 2. The normalized spacial score (nSPS) is 11.2. The van der Waals surface area contributed by atoms with Crippen LogP contribution in [0.3, 0.4) is 0 Å². The van der Waals surface area contributed by atoms with Crippen molar-refractivity contribution in [2.24, 2.45) is 5.10 Å². The van der Waals surface area contributed by atoms with Crippen LogP contribution in [0.1, 0.15) is 23.0 Å². The minimum absolute atomic E-state index is 0.172. The molecule has 3 rings (SSSR count). The molecular formula is C19H15BrClIN2O4. The van der Waals surface area contributed by atoms with E-state index in [-0.39, 0.29) is 5.76 Å². The number of furan rings is 1. The molecule has 3 aromatic rings. The minimum Gasteiger partial charge on any atom is -0.491 e. The van der Waals surface area contributed by atoms with Crippen LogP contribution < -0.4 is 14.9 Å². The van der Waals surface area contributed by atoms with E-state index >= 15 is 0 Å². The first-order chi connectivity index (χ1) is 13.4. The molecule has 0 radical (unpaired) electrons. The number of nitrogens with one attached hydrogen (secondary N) is 1. The zero-order valence-electron chi connectivity index (χ0n) is 14.9. The molecular weight excluding hydrogens is 562 g/mol. The molecule has 0 spiro atoms. The maximum absolute atomic E-state index is 12.3. The summed E-state index contributed by atoms with van der Waals surface area (Å²) in [5.74, 6) is 0.672. The monoisotopic (exact) mass is 576 g/mol. The molecule has 1 amide bonds. The Hall–Kier alpha value is -1.78. The van der Waals surface area contributed by atoms with E-state index in [0.717, 1.165) is 13.4 Å². The summed E-state index contributed by atoms with van der Waals surface area (Å²) >= 11 is 11.8. The predicted octanol–water partition coefficient (Wildman–Crippen LogP) is 5.62. The lowest BCUT2D eigenvalue weighted by atomic mass is 10.2. The number of benzene rings is 2. The molecule has 1 aromatic heterocycles. The number of rotatable bonds is 6. The lowest BCUT2D eigenvalue weighted by molar-refractivity contribution is 0.0929. The van der Waals surface area contributed by atoms with Crippen LogP contribution in [-0.4, -0.2) is 25.8 Å². The van der Waals surface area contributed by atoms with Gasteiger partial charge in [0, 0.05) is 9.86 Å². The van der Waals surface area contributed by atoms with Crippen LogP contribution in [0.5, 0.6) is 11.5 Å². The number of fused-ring (bicyclic) bond motifs is 1. The molecule has 1 heterocycles. The summed E-state index contributed by atoms with van der Waals surface area (Å²) in [6.45, 7) is 2.33. The fraction of sp³-hybridized carbons (Fsp3) is 0.158. The SMILES string of the molecule is CCOc1cc(/C=N\NC(=O)c2cc3cc(Br)cc(I)c3o2)cc(Cl)c1OC. The van der Waals surface area contributed by atoms with Gasteiger partial charge >= 0.3 is 5.91 Å². The Bertz CT molecular complexity index is 1070. The average molecular weight is 578 g/mol. The first kappa shape index (κ1) is 20.9. The van der Waals surface area contributed by atoms with Crippen LogP contribution in [0, 0.1) is 3.57 Å². The van der Waals surface area contributed by atoms with Gasteiger partial charge < -0.3 is 13.9 Å². The van der Waals surface area contributed by atoms with Crippen molar-refractivity contribution in [1.29, 1.82) is 0 Å². The third kappa shape index (κ3) is 4.61. The summed E-state index contributed by atoms with van der Waals surface area (Å²) in [5, 5.41) is 5.19. The van der Waals surface area contributed by atoms with Gasteiger partial charge in [-0.25, -0.2) is 5.43 Å². The average Bonchev–Trinajstić information content (AvgIpc) is 3.06. The number of amides is 1. The highest BCUT2D eigenvalue weighted by Gasteiger charge is 2.14. The smallest absolute Gasteiger partial charge is 0.307 e. The molecule has 9 heteroatoms. The van der Waals surface area contributed by atoms with Gasteiger partial charge in [-0.05, 0) is 65.4 Å². The van der Waals surface area contributed by atoms with Gasteiger partial charge in [-0.3, -0.25) is 4.79 Å². The Morgan fingerprint density at radius 1 is 1.36 bits per heavy atom. The maximum Gasteiger partial charge on any atom is 0.307 e. The van der Waals surface area contributed by atoms with Crippen LogP contribution in [-0.2, 0) is 0 Å². The van der Waals surface area contributed by atoms with Crippen molar-refractivity contribution in [3.63, 3.8) is 0 Å². The highest BCUT2D eigenvalue weighted by Crippen LogP contribution is 2.36. The quantitative estimate of drug-likeness (QED) is 0.234. The molecule has 146 valence electrons. The fourth-order valence-electron chi connectivity index (χ4n) is 2.53. The predicted molar refractivity (Wildman–Crippen MR) is 121 cm³/mol. The summed E-state index contributed by atoms with van der Waals surface area (Å²) in [5.41, 5.74) is 3.75. The van der Waals surface area contributed by atoms with E-state index in [4.69, 9.17) is 25.5 Å². The third-order valence-electron chi connectivity index (χ3n) is 3.68. The topological polar surface area (TPSA) is 73.1 Å². The van der Waals surface area contributed by atoms with Crippen molar-refractivity contribution in [2.75, 3.05) is 13.7 Å². The van der Waals surface area contributed by atoms with Crippen LogP contribution in [0.25, 0.3) is 11.0 Å². The van der Waals surface area contributed by atoms with Gasteiger partial charge in [0.05, 0.1) is 28.5 Å². The van der Waals surface area contributed by atoms with Crippen LogP contribution >= 0.6 is 50.1 Å². The van der Waals surface area contributed by atoms with Crippen LogP contribution in [0.15, 0.2) is 44.3 Å². The Labute approximate surface area is 188 Å². The number of carbonyl (C=O) groups is 1. The third-order valence-corrected chi connectivity index (χ3v) is 5.21. The number of carbonyl (C=O) groups excluding carboxylic acids is 1. The molecule has 0 saturated heterocycles. The number of hydrogen-bond donors (Lipinski definition) is 1. The highest BCUT2D eigenvalue weighted by molar-refractivity contribution is 14.1. The van der Waals surface area contributed by atoms with E-state index in [1.165, 1.54) is 13.3 Å². The van der Waals surface area contributed by atoms with Crippen LogP contribution in [0.4, 0.5) is 0 Å². The summed E-state index contributed by atoms with van der Waals surface area (Å²) in [4.78, 5) is 12.3. The maximum atomic E-state index is 12.3. The van der Waals surface area contributed by atoms with E-state index in [0.29, 0.717) is 34.3 Å². The second kappa shape index (κ2) is 9.15. The van der Waals surface area contributed by atoms with Crippen LogP contribution in [0.2, 0.25) is 5.02 Å². The Kier molecular flexibility index (Phi) is 6.84. The molecule has 0 bridgehead atoms. The second-order valence-corrected chi connectivity index (χ2v) is 8.07. The second-order valence-electron chi connectivity index (χ2n) is 5.58. The highest BCUT2D eigenvalue weighted by atomic mass is 127. The Morgan fingerprint density at radius 3 is 2.86 bits per heavy atom. The molecule has 0 fully saturated rings. The number of hydrazone groups is 1. The lowest BCUT2D eigenvalue weighted by Crippen LogP contribution is -2.16. The van der Waals surface area contributed by atoms with E-state index in [1.807, 2.05) is 19.1 Å². The zero-order chi connectivity index (χ0) is 20.3. The molecule has 1 N–H and O–H groups in total. The fourth-order valence-corrected chi connectivity index (χ4v) is 4.49. The van der Waals surface area contributed by atoms with Gasteiger partial charge in [0.1, 0.15) is 5.58 Å². The molecule has 6 nitrogen and oxygen atoms in total. The summed E-state index contributed by atoms with van der Waals surface area (Å²) < 4.78 is 18.2. The molecule has 0 aliphatic heterocycles. The van der Waals surface area contributed by atoms with Gasteiger partial charge in [0.25, 0.3) is 0 Å². The summed E-state index contributed by atoms with van der Waals surface area (Å²) in [6, 6.07) is 8.86. The Balaban J connectivity index is 1.77. The molecule has 0 atom stereocenters. The first-order valence-electron chi connectivity index (χ1n) is 8.15. The van der Waals surface area contributed by atoms with Gasteiger partial charge in [-0.2, -0.15) is 5.10 Å². The molecule has 2 aromatic carbocycles. The largest absolute Gasteiger partial charge is 0.491 e. The standard InChI is InChI=1S/C19H15BrClIN2O4/c1-3-27-15-5-10(4-13(21)18(15)26-2)9-23-24-19(25)16-7-11-6-12(20)8-14(22)17(11)28-16/h4-9H,3H2,1-2H3,(H,24,25)/b23-9-. The molecule has 0 unspecified atom stereocenters. The number of nitrogens with zero attached hydrogens (tertiary/aromatic N) is 1. The Morgan fingerprint density at radius 2 is 2.14 bits per heavy atom. The van der Waals surface area contributed by atoms with Crippen molar-refractivity contribution >= 4 is 73.2 Å². The van der Waals surface area contributed by atoms with Gasteiger partial charge in [-0.15, -0.1) is 0 Å². The number of methoxy groups -OCH3 is 1. The minimum atomic E-state index is -0.455. The van der Waals surface area contributed by atoms with E-state index < -0.39 is 5.91 Å². The molecule has 0 aliphatic rings. The molecule has 28 heavy (non-hydrogen) atoms. The summed E-state index contributed by atoms with van der Waals surface area (Å²) in [7, 11) is 1.52. The van der Waals surface area contributed by atoms with E-state index in [2.05, 4.69) is 49.0 Å². The lowest BCUT2D eigenvalue weighted by Gasteiger charge is -2.11. The van der Waals surface area contributed by atoms with Gasteiger partial charge in [0.15, 0.2) is 17.3 Å². The number of halogens is 3. The first-order valence-corrected chi connectivity index (χ1v) is 10.4. The molecule has 0 saturated carbocycles. The van der Waals surface area contributed by atoms with Gasteiger partial charge in [-0.1, -0.05) is 27.5 Å². The van der Waals surface area contributed by atoms with Crippen molar-refractivity contribution in [3.8, 4) is 11.5 Å². The van der Waals surface area contributed by atoms with E-state index in [9.17, 15) is 4.79 Å². The number of hydrogen-bond acceptors (Lipinski definition) is 5. The molecule has 0 aliphatic carbocycles. The van der Waals surface area contributed by atoms with Crippen molar-refractivity contribution in [3.05, 3.63) is 54.7 Å². The summed E-state index contributed by atoms with van der Waals surface area (Å²) in [6.07, 6.45) is 1.47. The van der Waals surface area contributed by atoms with Gasteiger partial charge in [0.2, 0.25) is 0 Å². The van der Waals surface area contributed by atoms with Crippen molar-refractivity contribution in [1.82, 2.24) is 5.43 Å². The zero-order valence-corrected chi connectivity index (χ0v) is 19.4.